The lowest BCUT2D eigenvalue weighted by atomic mass is 10.2. The summed E-state index contributed by atoms with van der Waals surface area (Å²) in [5.74, 6) is 0.403. The quantitative estimate of drug-likeness (QED) is 0.608. The van der Waals surface area contributed by atoms with E-state index in [4.69, 9.17) is 10.00 Å². The van der Waals surface area contributed by atoms with Crippen molar-refractivity contribution in [1.29, 1.82) is 5.26 Å². The normalized spacial score (nSPS) is 11.9. The van der Waals surface area contributed by atoms with E-state index in [1.807, 2.05) is 13.8 Å². The van der Waals surface area contributed by atoms with Crippen LogP contribution in [0.1, 0.15) is 20.3 Å². The van der Waals surface area contributed by atoms with Gasteiger partial charge in [0, 0.05) is 18.5 Å². The monoisotopic (exact) mass is 341 g/mol. The number of nitro groups is 1. The van der Waals surface area contributed by atoms with Gasteiger partial charge in [-0.05, 0) is 35.8 Å². The summed E-state index contributed by atoms with van der Waals surface area (Å²) in [6.45, 7) is 4.22. The summed E-state index contributed by atoms with van der Waals surface area (Å²) in [5, 5.41) is 22.9. The third kappa shape index (κ3) is 4.79. The summed E-state index contributed by atoms with van der Waals surface area (Å²) in [5.41, 5.74) is -0.0420. The molecule has 6 nitrogen and oxygen atoms in total. The molecular formula is C13H16BrN3O3. The molecule has 20 heavy (non-hydrogen) atoms. The van der Waals surface area contributed by atoms with Crippen molar-refractivity contribution in [2.45, 2.75) is 32.4 Å². The van der Waals surface area contributed by atoms with Gasteiger partial charge in [-0.25, -0.2) is 0 Å². The number of nitrogens with zero attached hydrogens (tertiary/aromatic N) is 2. The molecule has 7 heteroatoms. The average molecular weight is 342 g/mol. The Morgan fingerprint density at radius 2 is 2.25 bits per heavy atom. The topological polar surface area (TPSA) is 88.2 Å². The van der Waals surface area contributed by atoms with Crippen LogP contribution in [0.4, 0.5) is 5.69 Å². The van der Waals surface area contributed by atoms with Crippen molar-refractivity contribution in [1.82, 2.24) is 5.32 Å². The molecule has 0 spiro atoms. The molecule has 1 N–H and O–H groups in total. The molecular weight excluding hydrogens is 326 g/mol. The molecule has 0 heterocycles. The summed E-state index contributed by atoms with van der Waals surface area (Å²) in [7, 11) is 0. The van der Waals surface area contributed by atoms with Crippen LogP contribution in [0, 0.1) is 21.4 Å². The van der Waals surface area contributed by atoms with Gasteiger partial charge in [0.1, 0.15) is 10.2 Å². The van der Waals surface area contributed by atoms with Crippen LogP contribution in [0.15, 0.2) is 22.7 Å². The molecule has 1 aromatic rings. The highest BCUT2D eigenvalue weighted by Crippen LogP contribution is 2.33. The number of nitro benzene ring substituents is 1. The molecule has 0 radical (unpaired) electrons. The second-order valence-corrected chi connectivity index (χ2v) is 5.28. The molecule has 0 aliphatic rings. The fraction of sp³-hybridized carbons (Fsp3) is 0.462. The van der Waals surface area contributed by atoms with Crippen molar-refractivity contribution in [3.05, 3.63) is 32.8 Å². The second-order valence-electron chi connectivity index (χ2n) is 4.49. The molecule has 0 fully saturated rings. The van der Waals surface area contributed by atoms with Gasteiger partial charge < -0.3 is 4.74 Å². The molecule has 0 bridgehead atoms. The molecule has 0 amide bonds. The largest absolute Gasteiger partial charge is 0.492 e. The van der Waals surface area contributed by atoms with E-state index in [0.717, 1.165) is 0 Å². The third-order valence-corrected chi connectivity index (χ3v) is 3.29. The molecule has 0 aromatic heterocycles. The lowest BCUT2D eigenvalue weighted by Gasteiger charge is -2.15. The Morgan fingerprint density at radius 3 is 2.80 bits per heavy atom. The second kappa shape index (κ2) is 7.82. The number of hydrogen-bond acceptors (Lipinski definition) is 5. The van der Waals surface area contributed by atoms with Crippen LogP contribution < -0.4 is 10.1 Å². The predicted molar refractivity (Wildman–Crippen MR) is 78.6 cm³/mol. The first kappa shape index (κ1) is 16.4. The van der Waals surface area contributed by atoms with Crippen LogP contribution in [0.25, 0.3) is 0 Å². The summed E-state index contributed by atoms with van der Waals surface area (Å²) in [4.78, 5) is 10.3. The van der Waals surface area contributed by atoms with E-state index in [-0.39, 0.29) is 17.8 Å². The number of rotatable bonds is 7. The Hall–Kier alpha value is -1.65. The predicted octanol–water partition coefficient (Wildman–Crippen LogP) is 3.02. The fourth-order valence-corrected chi connectivity index (χ4v) is 2.15. The fourth-order valence-electron chi connectivity index (χ4n) is 1.63. The van der Waals surface area contributed by atoms with Crippen molar-refractivity contribution >= 4 is 21.6 Å². The van der Waals surface area contributed by atoms with Gasteiger partial charge >= 0.3 is 0 Å². The van der Waals surface area contributed by atoms with Gasteiger partial charge in [-0.3, -0.25) is 15.4 Å². The number of ether oxygens (including phenoxy) is 1. The van der Waals surface area contributed by atoms with E-state index in [1.54, 1.807) is 12.1 Å². The smallest absolute Gasteiger partial charge is 0.287 e. The van der Waals surface area contributed by atoms with Gasteiger partial charge in [-0.1, -0.05) is 6.07 Å². The third-order valence-electron chi connectivity index (χ3n) is 2.49. The van der Waals surface area contributed by atoms with Gasteiger partial charge in [0.25, 0.3) is 5.69 Å². The molecule has 0 saturated heterocycles. The molecule has 1 atom stereocenters. The van der Waals surface area contributed by atoms with Crippen LogP contribution >= 0.6 is 15.9 Å². The zero-order valence-corrected chi connectivity index (χ0v) is 12.9. The van der Waals surface area contributed by atoms with Gasteiger partial charge in [0.15, 0.2) is 0 Å². The average Bonchev–Trinajstić information content (AvgIpc) is 2.38. The lowest BCUT2D eigenvalue weighted by Crippen LogP contribution is -2.34. The highest BCUT2D eigenvalue weighted by atomic mass is 79.9. The highest BCUT2D eigenvalue weighted by Gasteiger charge is 2.16. The molecule has 0 aliphatic heterocycles. The molecule has 108 valence electrons. The van der Waals surface area contributed by atoms with E-state index < -0.39 is 4.92 Å². The zero-order valence-electron chi connectivity index (χ0n) is 11.3. The summed E-state index contributed by atoms with van der Waals surface area (Å²) in [6.07, 6.45) is 0.504. The number of nitrogens with one attached hydrogen (secondary N) is 1. The molecule has 0 saturated carbocycles. The van der Waals surface area contributed by atoms with Crippen LogP contribution in [0.5, 0.6) is 5.75 Å². The number of nitriles is 1. The Balaban J connectivity index is 2.60. The van der Waals surface area contributed by atoms with Crippen molar-refractivity contribution in [3.63, 3.8) is 0 Å². The van der Waals surface area contributed by atoms with Crippen LogP contribution in [0.3, 0.4) is 0 Å². The van der Waals surface area contributed by atoms with Crippen molar-refractivity contribution < 1.29 is 9.66 Å². The maximum atomic E-state index is 10.8. The van der Waals surface area contributed by atoms with Gasteiger partial charge in [0.2, 0.25) is 0 Å². The maximum Gasteiger partial charge on any atom is 0.287 e. The van der Waals surface area contributed by atoms with Crippen LogP contribution in [-0.4, -0.2) is 23.6 Å². The van der Waals surface area contributed by atoms with E-state index in [9.17, 15) is 10.1 Å². The summed E-state index contributed by atoms with van der Waals surface area (Å²) in [6, 6.07) is 6.67. The van der Waals surface area contributed by atoms with E-state index >= 15 is 0 Å². The first-order valence-corrected chi connectivity index (χ1v) is 6.96. The van der Waals surface area contributed by atoms with Crippen LogP contribution in [-0.2, 0) is 0 Å². The van der Waals surface area contributed by atoms with Crippen molar-refractivity contribution in [2.24, 2.45) is 0 Å². The molecule has 1 unspecified atom stereocenters. The lowest BCUT2D eigenvalue weighted by molar-refractivity contribution is -0.385. The first-order valence-electron chi connectivity index (χ1n) is 6.17. The van der Waals surface area contributed by atoms with Gasteiger partial charge in [-0.2, -0.15) is 5.26 Å². The Bertz CT molecular complexity index is 514. The highest BCUT2D eigenvalue weighted by molar-refractivity contribution is 9.10. The van der Waals surface area contributed by atoms with E-state index in [0.29, 0.717) is 23.2 Å². The summed E-state index contributed by atoms with van der Waals surface area (Å²) < 4.78 is 5.81. The number of halogens is 1. The summed E-state index contributed by atoms with van der Waals surface area (Å²) >= 11 is 3.16. The number of hydrogen-bond donors (Lipinski definition) is 1. The molecule has 0 aliphatic carbocycles. The Labute approximate surface area is 126 Å². The van der Waals surface area contributed by atoms with E-state index in [1.165, 1.54) is 6.07 Å². The SMILES string of the molecule is CC(C)NC(C#N)CCOc1cccc([N+](=O)[O-])c1Br. The minimum absolute atomic E-state index is 0.0420. The maximum absolute atomic E-state index is 10.8. The molecule has 1 aromatic carbocycles. The van der Waals surface area contributed by atoms with Gasteiger partial charge in [0.05, 0.1) is 23.6 Å². The first-order chi connectivity index (χ1) is 9.45. The zero-order chi connectivity index (χ0) is 15.1. The van der Waals surface area contributed by atoms with Gasteiger partial charge in [-0.15, -0.1) is 0 Å². The van der Waals surface area contributed by atoms with Crippen molar-refractivity contribution in [3.8, 4) is 11.8 Å². The van der Waals surface area contributed by atoms with E-state index in [2.05, 4.69) is 27.3 Å². The standard InChI is InChI=1S/C13H16BrN3O3/c1-9(2)16-10(8-15)6-7-20-12-5-3-4-11(13(12)14)17(18)19/h3-5,9-10,16H,6-7H2,1-2H3. The Kier molecular flexibility index (Phi) is 6.42. The minimum Gasteiger partial charge on any atom is -0.492 e. The number of benzene rings is 1. The minimum atomic E-state index is -0.477. The molecule has 1 rings (SSSR count). The van der Waals surface area contributed by atoms with Crippen LogP contribution in [0.2, 0.25) is 0 Å². The van der Waals surface area contributed by atoms with Crippen molar-refractivity contribution in [2.75, 3.05) is 6.61 Å². The Morgan fingerprint density at radius 1 is 1.55 bits per heavy atom.